The van der Waals surface area contributed by atoms with Gasteiger partial charge in [-0.25, -0.2) is 0 Å². The van der Waals surface area contributed by atoms with Gasteiger partial charge in [0.15, 0.2) is 0 Å². The molecule has 0 spiro atoms. The number of anilines is 1. The first kappa shape index (κ1) is 16.0. The zero-order chi connectivity index (χ0) is 15.4. The Balaban J connectivity index is 2.04. The Morgan fingerprint density at radius 3 is 2.90 bits per heavy atom. The van der Waals surface area contributed by atoms with Crippen LogP contribution in [-0.4, -0.2) is 35.4 Å². The third kappa shape index (κ3) is 3.83. The molecule has 3 N–H and O–H groups in total. The first-order chi connectivity index (χ1) is 10.0. The zero-order valence-corrected chi connectivity index (χ0v) is 13.2. The Morgan fingerprint density at radius 1 is 1.48 bits per heavy atom. The number of rotatable bonds is 5. The number of nitrogens with zero attached hydrogens (tertiary/aromatic N) is 2. The molecule has 1 saturated carbocycles. The van der Waals surface area contributed by atoms with E-state index >= 15 is 0 Å². The molecular weight excluding hydrogens is 268 g/mol. The summed E-state index contributed by atoms with van der Waals surface area (Å²) in [5.41, 5.74) is 8.61. The fraction of sp³-hybridized carbons (Fsp3) is 0.733. The van der Waals surface area contributed by atoms with E-state index < -0.39 is 0 Å². The highest BCUT2D eigenvalue weighted by atomic mass is 16.5. The molecule has 6 nitrogen and oxygen atoms in total. The molecule has 0 aliphatic heterocycles. The van der Waals surface area contributed by atoms with Gasteiger partial charge in [-0.1, -0.05) is 6.42 Å². The lowest BCUT2D eigenvalue weighted by atomic mass is 9.85. The number of aryl methyl sites for hydroxylation is 1. The highest BCUT2D eigenvalue weighted by Gasteiger charge is 2.26. The van der Waals surface area contributed by atoms with Gasteiger partial charge in [0.2, 0.25) is 5.91 Å². The topological polar surface area (TPSA) is 82.2 Å². The first-order valence-electron chi connectivity index (χ1n) is 7.62. The van der Waals surface area contributed by atoms with E-state index in [2.05, 4.69) is 10.4 Å². The quantitative estimate of drug-likeness (QED) is 0.864. The van der Waals surface area contributed by atoms with Crippen LogP contribution in [0.25, 0.3) is 0 Å². The minimum absolute atomic E-state index is 0.0230. The molecule has 2 atom stereocenters. The predicted molar refractivity (Wildman–Crippen MR) is 82.1 cm³/mol. The number of methoxy groups -OCH3 is 1. The highest BCUT2D eigenvalue weighted by molar-refractivity contribution is 5.93. The number of carbonyl (C=O) groups is 1. The van der Waals surface area contributed by atoms with Crippen molar-refractivity contribution >= 4 is 11.6 Å². The third-order valence-electron chi connectivity index (χ3n) is 4.22. The molecule has 1 aliphatic rings. The summed E-state index contributed by atoms with van der Waals surface area (Å²) in [5.74, 6) is 0.0949. The van der Waals surface area contributed by atoms with Crippen LogP contribution in [0.2, 0.25) is 0 Å². The molecule has 0 saturated heterocycles. The van der Waals surface area contributed by atoms with Crippen molar-refractivity contribution in [3.8, 4) is 0 Å². The van der Waals surface area contributed by atoms with Crippen LogP contribution in [0.3, 0.4) is 0 Å². The number of amides is 1. The summed E-state index contributed by atoms with van der Waals surface area (Å²) in [6.45, 7) is 5.18. The van der Waals surface area contributed by atoms with Gasteiger partial charge in [0.05, 0.1) is 30.2 Å². The maximum atomic E-state index is 12.4. The van der Waals surface area contributed by atoms with Crippen LogP contribution in [0, 0.1) is 19.8 Å². The van der Waals surface area contributed by atoms with E-state index in [0.29, 0.717) is 13.2 Å². The van der Waals surface area contributed by atoms with Crippen molar-refractivity contribution < 1.29 is 9.53 Å². The Kier molecular flexibility index (Phi) is 5.36. The van der Waals surface area contributed by atoms with Crippen molar-refractivity contribution in [3.05, 3.63) is 11.4 Å². The van der Waals surface area contributed by atoms with E-state index in [1.165, 1.54) is 0 Å². The molecule has 1 aromatic rings. The van der Waals surface area contributed by atoms with Gasteiger partial charge in [0.25, 0.3) is 0 Å². The zero-order valence-electron chi connectivity index (χ0n) is 13.2. The summed E-state index contributed by atoms with van der Waals surface area (Å²) in [4.78, 5) is 12.4. The number of hydrogen-bond donors (Lipinski definition) is 2. The molecule has 2 unspecified atom stereocenters. The second-order valence-corrected chi connectivity index (χ2v) is 5.87. The number of hydrogen-bond acceptors (Lipinski definition) is 4. The van der Waals surface area contributed by atoms with E-state index in [0.717, 1.165) is 42.8 Å². The maximum absolute atomic E-state index is 12.4. The summed E-state index contributed by atoms with van der Waals surface area (Å²) in [5, 5.41) is 7.51. The van der Waals surface area contributed by atoms with Crippen LogP contribution in [0.4, 0.5) is 5.69 Å². The standard InChI is InChI=1S/C15H26N4O2/c1-10-14(11(2)19(18-10)7-8-21-3)17-15(20)12-5-4-6-13(16)9-12/h12-13H,4-9,16H2,1-3H3,(H,17,20). The summed E-state index contributed by atoms with van der Waals surface area (Å²) < 4.78 is 6.95. The fourth-order valence-electron chi connectivity index (χ4n) is 2.96. The summed E-state index contributed by atoms with van der Waals surface area (Å²) >= 11 is 0. The second kappa shape index (κ2) is 7.04. The average molecular weight is 294 g/mol. The van der Waals surface area contributed by atoms with Gasteiger partial charge < -0.3 is 15.8 Å². The van der Waals surface area contributed by atoms with Crippen LogP contribution in [0.1, 0.15) is 37.1 Å². The molecule has 0 bridgehead atoms. The minimum Gasteiger partial charge on any atom is -0.383 e. The van der Waals surface area contributed by atoms with Crippen molar-refractivity contribution in [3.63, 3.8) is 0 Å². The van der Waals surface area contributed by atoms with E-state index in [4.69, 9.17) is 10.5 Å². The average Bonchev–Trinajstić information content (AvgIpc) is 2.72. The molecule has 1 aliphatic carbocycles. The van der Waals surface area contributed by atoms with Crippen molar-refractivity contribution in [1.82, 2.24) is 9.78 Å². The third-order valence-corrected chi connectivity index (χ3v) is 4.22. The maximum Gasteiger partial charge on any atom is 0.227 e. The van der Waals surface area contributed by atoms with Gasteiger partial charge in [0, 0.05) is 19.1 Å². The van der Waals surface area contributed by atoms with Crippen LogP contribution in [0.15, 0.2) is 0 Å². The molecule has 118 valence electrons. The molecule has 6 heteroatoms. The van der Waals surface area contributed by atoms with Gasteiger partial charge in [-0.15, -0.1) is 0 Å². The number of carbonyl (C=O) groups excluding carboxylic acids is 1. The van der Waals surface area contributed by atoms with Gasteiger partial charge in [0.1, 0.15) is 0 Å². The van der Waals surface area contributed by atoms with E-state index in [9.17, 15) is 4.79 Å². The van der Waals surface area contributed by atoms with Crippen molar-refractivity contribution in [2.75, 3.05) is 19.0 Å². The normalized spacial score (nSPS) is 22.3. The van der Waals surface area contributed by atoms with Crippen molar-refractivity contribution in [1.29, 1.82) is 0 Å². The lowest BCUT2D eigenvalue weighted by Crippen LogP contribution is -2.34. The lowest BCUT2D eigenvalue weighted by Gasteiger charge is -2.25. The summed E-state index contributed by atoms with van der Waals surface area (Å²) in [7, 11) is 1.67. The van der Waals surface area contributed by atoms with Crippen LogP contribution in [0.5, 0.6) is 0 Å². The van der Waals surface area contributed by atoms with Crippen LogP contribution in [-0.2, 0) is 16.1 Å². The molecule has 1 aromatic heterocycles. The monoisotopic (exact) mass is 294 g/mol. The number of nitrogens with two attached hydrogens (primary N) is 1. The number of ether oxygens (including phenoxy) is 1. The Bertz CT molecular complexity index is 498. The lowest BCUT2D eigenvalue weighted by molar-refractivity contribution is -0.120. The molecule has 1 amide bonds. The predicted octanol–water partition coefficient (Wildman–Crippen LogP) is 1.60. The summed E-state index contributed by atoms with van der Waals surface area (Å²) in [6.07, 6.45) is 3.76. The Hall–Kier alpha value is -1.40. The van der Waals surface area contributed by atoms with Gasteiger partial charge in [-0.05, 0) is 33.1 Å². The van der Waals surface area contributed by atoms with Crippen LogP contribution < -0.4 is 11.1 Å². The van der Waals surface area contributed by atoms with Crippen molar-refractivity contribution in [2.45, 2.75) is 52.1 Å². The minimum atomic E-state index is 0.0230. The number of nitrogens with one attached hydrogen (secondary N) is 1. The van der Waals surface area contributed by atoms with Gasteiger partial charge in [-0.3, -0.25) is 9.48 Å². The molecule has 21 heavy (non-hydrogen) atoms. The van der Waals surface area contributed by atoms with E-state index in [1.807, 2.05) is 18.5 Å². The van der Waals surface area contributed by atoms with E-state index in [1.54, 1.807) is 7.11 Å². The van der Waals surface area contributed by atoms with Crippen LogP contribution >= 0.6 is 0 Å². The fourth-order valence-corrected chi connectivity index (χ4v) is 2.96. The van der Waals surface area contributed by atoms with Gasteiger partial charge in [-0.2, -0.15) is 5.10 Å². The Morgan fingerprint density at radius 2 is 2.24 bits per heavy atom. The highest BCUT2D eigenvalue weighted by Crippen LogP contribution is 2.26. The SMILES string of the molecule is COCCn1nc(C)c(NC(=O)C2CCCC(N)C2)c1C. The van der Waals surface area contributed by atoms with Gasteiger partial charge >= 0.3 is 0 Å². The molecule has 0 aromatic carbocycles. The molecule has 1 heterocycles. The summed E-state index contributed by atoms with van der Waals surface area (Å²) in [6, 6.07) is 0.154. The van der Waals surface area contributed by atoms with E-state index in [-0.39, 0.29) is 17.9 Å². The molecule has 2 rings (SSSR count). The molecule has 1 fully saturated rings. The first-order valence-corrected chi connectivity index (χ1v) is 7.62. The second-order valence-electron chi connectivity index (χ2n) is 5.87. The smallest absolute Gasteiger partial charge is 0.227 e. The largest absolute Gasteiger partial charge is 0.383 e. The molecule has 0 radical (unpaired) electrons. The van der Waals surface area contributed by atoms with Crippen molar-refractivity contribution in [2.24, 2.45) is 11.7 Å². The molecular formula is C15H26N4O2. The number of aromatic nitrogens is 2. The Labute approximate surface area is 126 Å².